The number of halogens is 1. The lowest BCUT2D eigenvalue weighted by Gasteiger charge is -2.29. The van der Waals surface area contributed by atoms with Crippen molar-refractivity contribution < 1.29 is 13.9 Å². The van der Waals surface area contributed by atoms with Gasteiger partial charge in [0.1, 0.15) is 23.7 Å². The molecule has 35 heavy (non-hydrogen) atoms. The van der Waals surface area contributed by atoms with Gasteiger partial charge in [-0.2, -0.15) is 0 Å². The summed E-state index contributed by atoms with van der Waals surface area (Å²) in [6, 6.07) is 9.74. The number of benzene rings is 1. The Labute approximate surface area is 203 Å². The van der Waals surface area contributed by atoms with E-state index in [0.717, 1.165) is 32.2 Å². The number of ether oxygens (including phenoxy) is 1. The summed E-state index contributed by atoms with van der Waals surface area (Å²) in [6.07, 6.45) is 6.67. The molecule has 4 rings (SSSR count). The number of nitrogens with zero attached hydrogens (tertiary/aromatic N) is 4. The Kier molecular flexibility index (Phi) is 9.08. The summed E-state index contributed by atoms with van der Waals surface area (Å²) >= 11 is 0. The van der Waals surface area contributed by atoms with E-state index in [9.17, 15) is 4.39 Å². The Morgan fingerprint density at radius 1 is 1.26 bits per heavy atom. The maximum Gasteiger partial charge on any atom is 0.222 e. The summed E-state index contributed by atoms with van der Waals surface area (Å²) in [5.41, 5.74) is 2.35. The van der Waals surface area contributed by atoms with Gasteiger partial charge in [-0.25, -0.2) is 14.4 Å². The van der Waals surface area contributed by atoms with Crippen LogP contribution in [0.3, 0.4) is 0 Å². The molecular weight excluding hydrogens is 449 g/mol. The number of hydrogen-bond donors (Lipinski definition) is 3. The molecule has 0 spiro atoms. The molecule has 2 aromatic heterocycles. The summed E-state index contributed by atoms with van der Waals surface area (Å²) in [5, 5.41) is 18.1. The topological polar surface area (TPSA) is 128 Å². The number of carbonyl (C=O) groups excluding carboxylic acids is 1. The summed E-state index contributed by atoms with van der Waals surface area (Å²) in [4.78, 5) is 24.8. The Hall–Kier alpha value is -4.05. The van der Waals surface area contributed by atoms with Crippen molar-refractivity contribution in [1.29, 1.82) is 10.8 Å². The molecule has 182 valence electrons. The number of aldehydes is 1. The van der Waals surface area contributed by atoms with Crippen LogP contribution in [0.5, 0.6) is 0 Å². The zero-order valence-electron chi connectivity index (χ0n) is 19.7. The average molecular weight is 478 g/mol. The lowest BCUT2D eigenvalue weighted by atomic mass is 9.97. The number of likely N-dealkylation sites (tertiary alicyclic amines) is 1. The second kappa shape index (κ2) is 12.4. The van der Waals surface area contributed by atoms with E-state index in [1.165, 1.54) is 25.3 Å². The van der Waals surface area contributed by atoms with Gasteiger partial charge < -0.3 is 19.7 Å². The van der Waals surface area contributed by atoms with E-state index in [2.05, 4.69) is 22.2 Å². The predicted octanol–water partition coefficient (Wildman–Crippen LogP) is 4.38. The van der Waals surface area contributed by atoms with Crippen molar-refractivity contribution in [3.63, 3.8) is 0 Å². The van der Waals surface area contributed by atoms with Crippen molar-refractivity contribution in [2.75, 3.05) is 25.5 Å². The van der Waals surface area contributed by atoms with E-state index in [0.29, 0.717) is 40.6 Å². The molecule has 1 unspecified atom stereocenters. The zero-order chi connectivity index (χ0) is 25.2. The van der Waals surface area contributed by atoms with Crippen LogP contribution in [0.4, 0.5) is 15.9 Å². The molecule has 1 aliphatic heterocycles. The number of hydrogen-bond acceptors (Lipinski definition) is 9. The second-order valence-corrected chi connectivity index (χ2v) is 8.00. The highest BCUT2D eigenvalue weighted by molar-refractivity contribution is 5.95. The number of rotatable bonds is 6. The zero-order valence-corrected chi connectivity index (χ0v) is 19.7. The van der Waals surface area contributed by atoms with Crippen molar-refractivity contribution >= 4 is 30.1 Å². The van der Waals surface area contributed by atoms with Crippen LogP contribution in [-0.2, 0) is 9.53 Å². The summed E-state index contributed by atoms with van der Waals surface area (Å²) in [6.45, 7) is 3.35. The molecule has 0 saturated carbocycles. The predicted molar refractivity (Wildman–Crippen MR) is 133 cm³/mol. The van der Waals surface area contributed by atoms with E-state index < -0.39 is 0 Å². The van der Waals surface area contributed by atoms with E-state index in [4.69, 9.17) is 30.3 Å². The highest BCUT2D eigenvalue weighted by atomic mass is 19.1. The SMILES string of the molecule is CC=O.CN1CCCC(c2nc(Nc3cccc(F)c3)cc(-c3cncc(C(=N)OC=N)c3)n2)C1. The second-order valence-electron chi connectivity index (χ2n) is 8.00. The fourth-order valence-electron chi connectivity index (χ4n) is 3.78. The number of aromatic nitrogens is 3. The fraction of sp³-hybridized carbons (Fsp3) is 0.280. The van der Waals surface area contributed by atoms with Gasteiger partial charge in [0, 0.05) is 42.2 Å². The van der Waals surface area contributed by atoms with Crippen LogP contribution in [0.1, 0.15) is 37.1 Å². The first kappa shape index (κ1) is 25.6. The number of likely N-dealkylation sites (N-methyl/N-ethyl adjacent to an activating group) is 1. The molecule has 3 heterocycles. The van der Waals surface area contributed by atoms with Gasteiger partial charge in [-0.15, -0.1) is 0 Å². The van der Waals surface area contributed by atoms with Crippen LogP contribution in [0.2, 0.25) is 0 Å². The van der Waals surface area contributed by atoms with Gasteiger partial charge in [0.2, 0.25) is 5.90 Å². The molecule has 1 aliphatic rings. The van der Waals surface area contributed by atoms with Crippen LogP contribution >= 0.6 is 0 Å². The number of piperidine rings is 1. The van der Waals surface area contributed by atoms with E-state index in [1.54, 1.807) is 30.5 Å². The minimum Gasteiger partial charge on any atom is -0.428 e. The number of pyridine rings is 1. The lowest BCUT2D eigenvalue weighted by Crippen LogP contribution is -2.31. The maximum atomic E-state index is 13.7. The third-order valence-corrected chi connectivity index (χ3v) is 5.30. The van der Waals surface area contributed by atoms with Gasteiger partial charge in [0.15, 0.2) is 6.40 Å². The van der Waals surface area contributed by atoms with Crippen molar-refractivity contribution in [3.05, 3.63) is 66.0 Å². The Balaban J connectivity index is 0.00000108. The molecule has 0 amide bonds. The third-order valence-electron chi connectivity index (χ3n) is 5.30. The van der Waals surface area contributed by atoms with Crippen LogP contribution in [0, 0.1) is 16.6 Å². The van der Waals surface area contributed by atoms with E-state index in [-0.39, 0.29) is 17.6 Å². The third kappa shape index (κ3) is 7.21. The Morgan fingerprint density at radius 2 is 2.06 bits per heavy atom. The number of carbonyl (C=O) groups is 1. The largest absolute Gasteiger partial charge is 0.428 e. The van der Waals surface area contributed by atoms with Gasteiger partial charge in [-0.1, -0.05) is 6.07 Å². The molecule has 1 saturated heterocycles. The van der Waals surface area contributed by atoms with Gasteiger partial charge in [0.05, 0.1) is 11.3 Å². The first-order chi connectivity index (χ1) is 16.9. The van der Waals surface area contributed by atoms with Gasteiger partial charge >= 0.3 is 0 Å². The summed E-state index contributed by atoms with van der Waals surface area (Å²) < 4.78 is 18.5. The maximum absolute atomic E-state index is 13.7. The normalized spacial score (nSPS) is 15.3. The monoisotopic (exact) mass is 477 g/mol. The molecule has 9 nitrogen and oxygen atoms in total. The first-order valence-electron chi connectivity index (χ1n) is 11.1. The Bertz CT molecular complexity index is 1190. The highest BCUT2D eigenvalue weighted by Crippen LogP contribution is 2.29. The van der Waals surface area contributed by atoms with Crippen molar-refractivity contribution in [3.8, 4) is 11.3 Å². The van der Waals surface area contributed by atoms with Crippen LogP contribution in [0.25, 0.3) is 11.3 Å². The number of anilines is 2. The summed E-state index contributed by atoms with van der Waals surface area (Å²) in [5.74, 6) is 0.942. The molecule has 1 atom stereocenters. The smallest absolute Gasteiger partial charge is 0.222 e. The molecule has 0 bridgehead atoms. The minimum atomic E-state index is -0.333. The molecule has 1 fully saturated rings. The van der Waals surface area contributed by atoms with Crippen molar-refractivity contribution in [2.45, 2.75) is 25.7 Å². The minimum absolute atomic E-state index is 0.171. The average Bonchev–Trinajstić information content (AvgIpc) is 2.85. The molecule has 0 radical (unpaired) electrons. The van der Waals surface area contributed by atoms with E-state index in [1.807, 2.05) is 0 Å². The molecule has 1 aromatic carbocycles. The molecule has 10 heteroatoms. The molecular formula is C25H28FN7O2. The lowest BCUT2D eigenvalue weighted by molar-refractivity contribution is -0.106. The number of nitrogens with one attached hydrogen (secondary N) is 3. The van der Waals surface area contributed by atoms with Gasteiger partial charge in [-0.3, -0.25) is 15.8 Å². The Morgan fingerprint density at radius 3 is 2.77 bits per heavy atom. The van der Waals surface area contributed by atoms with Crippen LogP contribution in [-0.4, -0.2) is 58.6 Å². The quantitative estimate of drug-likeness (QED) is 0.273. The van der Waals surface area contributed by atoms with Gasteiger partial charge in [0.25, 0.3) is 0 Å². The van der Waals surface area contributed by atoms with E-state index >= 15 is 0 Å². The van der Waals surface area contributed by atoms with Crippen molar-refractivity contribution in [1.82, 2.24) is 19.9 Å². The highest BCUT2D eigenvalue weighted by Gasteiger charge is 2.23. The molecule has 3 aromatic rings. The van der Waals surface area contributed by atoms with Crippen molar-refractivity contribution in [2.24, 2.45) is 0 Å². The van der Waals surface area contributed by atoms with Crippen LogP contribution in [0.15, 0.2) is 48.8 Å². The van der Waals surface area contributed by atoms with Gasteiger partial charge in [-0.05, 0) is 57.6 Å². The first-order valence-corrected chi connectivity index (χ1v) is 11.1. The summed E-state index contributed by atoms with van der Waals surface area (Å²) in [7, 11) is 2.09. The molecule has 0 aliphatic carbocycles. The fourth-order valence-corrected chi connectivity index (χ4v) is 3.78. The van der Waals surface area contributed by atoms with Crippen LogP contribution < -0.4 is 5.32 Å². The molecule has 3 N–H and O–H groups in total. The standard InChI is InChI=1S/C23H24FN7O.C2H4O/c1-31-7-3-4-15(13-31)23-29-20(16-8-17(12-27-11-16)22(26)32-14-25)10-21(30-23)28-19-6-2-5-18(24)9-19;1-2-3/h2,5-6,8-12,14-15,25-26H,3-4,7,13H2,1H3,(H,28,29,30);2H,1H3.